The van der Waals surface area contributed by atoms with E-state index >= 15 is 0 Å². The maximum atomic E-state index is 14.6. The molecule has 7 N–H and O–H groups in total. The van der Waals surface area contributed by atoms with Crippen molar-refractivity contribution in [3.05, 3.63) is 76.9 Å². The van der Waals surface area contributed by atoms with Crippen LogP contribution in [0.2, 0.25) is 0 Å². The fourth-order valence-electron chi connectivity index (χ4n) is 3.94. The molecule has 1 fully saturated rings. The highest BCUT2D eigenvalue weighted by Crippen LogP contribution is 2.35. The number of ether oxygens (including phenoxy) is 1. The molecule has 36 heavy (non-hydrogen) atoms. The summed E-state index contributed by atoms with van der Waals surface area (Å²) in [6, 6.07) is 9.01. The molecular formula is C24H25FN6O5. The Morgan fingerprint density at radius 3 is 2.42 bits per heavy atom. The molecule has 12 heteroatoms. The fraction of sp³-hybridized carbons (Fsp3) is 0.250. The number of amides is 2. The number of aromatic nitrogens is 2. The molecule has 11 nitrogen and oxygen atoms in total. The van der Waals surface area contributed by atoms with Crippen LogP contribution in [0.1, 0.15) is 38.1 Å². The van der Waals surface area contributed by atoms with Crippen molar-refractivity contribution in [1.29, 1.82) is 0 Å². The van der Waals surface area contributed by atoms with Gasteiger partial charge in [-0.1, -0.05) is 12.1 Å². The number of nitrogens with two attached hydrogens (primary N) is 1. The Kier molecular flexibility index (Phi) is 7.27. The lowest BCUT2D eigenvalue weighted by Crippen LogP contribution is -2.51. The molecule has 0 radical (unpaired) electrons. The van der Waals surface area contributed by atoms with Crippen LogP contribution >= 0.6 is 0 Å². The van der Waals surface area contributed by atoms with Gasteiger partial charge in [0, 0.05) is 24.8 Å². The molecule has 2 unspecified atom stereocenters. The van der Waals surface area contributed by atoms with E-state index < -0.39 is 41.6 Å². The zero-order valence-corrected chi connectivity index (χ0v) is 19.2. The van der Waals surface area contributed by atoms with Crippen molar-refractivity contribution in [2.24, 2.45) is 0 Å². The van der Waals surface area contributed by atoms with E-state index in [0.29, 0.717) is 18.7 Å². The number of anilines is 1. The van der Waals surface area contributed by atoms with Crippen molar-refractivity contribution in [2.45, 2.75) is 18.2 Å². The van der Waals surface area contributed by atoms with Crippen LogP contribution in [0.5, 0.6) is 11.5 Å². The maximum Gasteiger partial charge on any atom is 0.270 e. The van der Waals surface area contributed by atoms with E-state index in [0.717, 1.165) is 0 Å². The third-order valence-corrected chi connectivity index (χ3v) is 5.86. The Morgan fingerprint density at radius 1 is 1.11 bits per heavy atom. The number of methoxy groups -OCH3 is 1. The van der Waals surface area contributed by atoms with Gasteiger partial charge in [0.2, 0.25) is 5.95 Å². The Labute approximate surface area is 205 Å². The van der Waals surface area contributed by atoms with E-state index in [1.54, 1.807) is 0 Å². The van der Waals surface area contributed by atoms with Crippen LogP contribution in [0.25, 0.3) is 0 Å². The Bertz CT molecular complexity index is 1270. The molecule has 1 aliphatic heterocycles. The summed E-state index contributed by atoms with van der Waals surface area (Å²) in [6.45, 7) is 0.881. The van der Waals surface area contributed by atoms with Gasteiger partial charge in [-0.05, 0) is 35.9 Å². The highest BCUT2D eigenvalue weighted by atomic mass is 19.1. The molecule has 1 aromatic heterocycles. The van der Waals surface area contributed by atoms with Crippen molar-refractivity contribution >= 4 is 17.8 Å². The van der Waals surface area contributed by atoms with Crippen molar-refractivity contribution in [3.8, 4) is 11.5 Å². The number of nitrogens with one attached hydrogen (secondary N) is 3. The third kappa shape index (κ3) is 5.19. The molecule has 0 saturated carbocycles. The summed E-state index contributed by atoms with van der Waals surface area (Å²) >= 11 is 0. The number of phenols is 1. The fourth-order valence-corrected chi connectivity index (χ4v) is 3.94. The third-order valence-electron chi connectivity index (χ3n) is 5.86. The summed E-state index contributed by atoms with van der Waals surface area (Å²) in [5.41, 5.74) is 5.88. The van der Waals surface area contributed by atoms with E-state index in [9.17, 15) is 24.2 Å². The van der Waals surface area contributed by atoms with Gasteiger partial charge in [-0.3, -0.25) is 9.59 Å². The number of nitrogens with zero attached hydrogens (tertiary/aromatic N) is 2. The first-order chi connectivity index (χ1) is 17.3. The number of hydrogen-bond acceptors (Lipinski definition) is 9. The van der Waals surface area contributed by atoms with Crippen molar-refractivity contribution < 1.29 is 28.9 Å². The largest absolute Gasteiger partial charge is 0.507 e. The van der Waals surface area contributed by atoms with Gasteiger partial charge in [0.25, 0.3) is 11.8 Å². The average molecular weight is 496 g/mol. The lowest BCUT2D eigenvalue weighted by Gasteiger charge is -2.21. The molecule has 4 rings (SSSR count). The molecule has 188 valence electrons. The van der Waals surface area contributed by atoms with E-state index in [-0.39, 0.29) is 28.5 Å². The molecule has 1 saturated heterocycles. The summed E-state index contributed by atoms with van der Waals surface area (Å²) in [4.78, 5) is 33.0. The van der Waals surface area contributed by atoms with Gasteiger partial charge < -0.3 is 36.6 Å². The highest BCUT2D eigenvalue weighted by molar-refractivity contribution is 5.95. The second-order valence-electron chi connectivity index (χ2n) is 8.16. The summed E-state index contributed by atoms with van der Waals surface area (Å²) < 4.78 is 19.5. The van der Waals surface area contributed by atoms with E-state index in [2.05, 4.69) is 25.9 Å². The molecule has 0 aliphatic carbocycles. The lowest BCUT2D eigenvalue weighted by molar-refractivity contribution is 0.0894. The standard InChI is InChI=1S/C24H25FN6O5/c1-36-18-7-6-17(32)19(20(18)25)21(33)12-2-4-13(5-3-12)22(34)29-15-10-27-11-16(15)30-23(35)14-8-9-28-24(26)31-14/h2-9,15-16,21,27,32-33H,10-11H2,1H3,(H,29,34)(H,30,35)(H2,26,28,31)/t15-,16?,21?/m1/s1. The number of hydrogen-bond donors (Lipinski definition) is 6. The van der Waals surface area contributed by atoms with Crippen molar-refractivity contribution in [2.75, 3.05) is 25.9 Å². The monoisotopic (exact) mass is 496 g/mol. The quantitative estimate of drug-likeness (QED) is 0.272. The lowest BCUT2D eigenvalue weighted by atomic mass is 9.98. The first-order valence-electron chi connectivity index (χ1n) is 11.0. The Morgan fingerprint density at radius 2 is 1.78 bits per heavy atom. The zero-order chi connectivity index (χ0) is 25.8. The number of phenolic OH excluding ortho intramolecular Hbond substituents is 1. The average Bonchev–Trinajstić information content (AvgIpc) is 3.30. The van der Waals surface area contributed by atoms with Crippen molar-refractivity contribution in [1.82, 2.24) is 25.9 Å². The number of aliphatic hydroxyl groups is 1. The van der Waals surface area contributed by atoms with Gasteiger partial charge in [-0.25, -0.2) is 14.4 Å². The van der Waals surface area contributed by atoms with Crippen LogP contribution in [-0.4, -0.2) is 64.3 Å². The normalized spacial score (nSPS) is 17.9. The van der Waals surface area contributed by atoms with Gasteiger partial charge in [0.1, 0.15) is 17.5 Å². The van der Waals surface area contributed by atoms with Crippen LogP contribution in [0.15, 0.2) is 48.7 Å². The van der Waals surface area contributed by atoms with Crippen LogP contribution in [0.4, 0.5) is 10.3 Å². The molecule has 2 aromatic carbocycles. The number of carbonyl (C=O) groups excluding carboxylic acids is 2. The SMILES string of the molecule is COc1ccc(O)c(C(O)c2ccc(C(=O)N[C@@H]3CNCC3NC(=O)c3ccnc(N)n3)cc2)c1F. The number of aromatic hydroxyl groups is 1. The molecule has 0 bridgehead atoms. The second kappa shape index (κ2) is 10.5. The van der Waals surface area contributed by atoms with Crippen LogP contribution in [0.3, 0.4) is 0 Å². The molecule has 1 aliphatic rings. The molecule has 3 atom stereocenters. The predicted molar refractivity (Wildman–Crippen MR) is 127 cm³/mol. The summed E-state index contributed by atoms with van der Waals surface area (Å²) in [5, 5.41) is 29.5. The number of aliphatic hydroxyl groups excluding tert-OH is 1. The number of carbonyl (C=O) groups is 2. The first-order valence-corrected chi connectivity index (χ1v) is 11.0. The smallest absolute Gasteiger partial charge is 0.270 e. The van der Waals surface area contributed by atoms with Crippen LogP contribution < -0.4 is 26.4 Å². The number of nitrogen functional groups attached to an aromatic ring is 1. The van der Waals surface area contributed by atoms with Crippen LogP contribution in [0, 0.1) is 5.82 Å². The van der Waals surface area contributed by atoms with Gasteiger partial charge in [0.05, 0.1) is 24.8 Å². The predicted octanol–water partition coefficient (Wildman–Crippen LogP) is 0.494. The molecule has 2 amide bonds. The maximum absolute atomic E-state index is 14.6. The highest BCUT2D eigenvalue weighted by Gasteiger charge is 2.30. The minimum atomic E-state index is -1.48. The topological polar surface area (TPSA) is 172 Å². The zero-order valence-electron chi connectivity index (χ0n) is 19.2. The van der Waals surface area contributed by atoms with Gasteiger partial charge in [0.15, 0.2) is 11.6 Å². The van der Waals surface area contributed by atoms with E-state index in [1.807, 2.05) is 0 Å². The minimum absolute atomic E-state index is 0.0185. The number of rotatable bonds is 7. The molecule has 3 aromatic rings. The Hall–Kier alpha value is -4.29. The van der Waals surface area contributed by atoms with Crippen LogP contribution in [-0.2, 0) is 0 Å². The first kappa shape index (κ1) is 24.8. The summed E-state index contributed by atoms with van der Waals surface area (Å²) in [7, 11) is 1.28. The summed E-state index contributed by atoms with van der Waals surface area (Å²) in [5.74, 6) is -2.27. The van der Waals surface area contributed by atoms with E-state index in [4.69, 9.17) is 10.5 Å². The molecular weight excluding hydrogens is 471 g/mol. The number of halogens is 1. The second-order valence-corrected chi connectivity index (χ2v) is 8.16. The minimum Gasteiger partial charge on any atom is -0.507 e. The molecule has 2 heterocycles. The van der Waals surface area contributed by atoms with E-state index in [1.165, 1.54) is 55.8 Å². The number of benzene rings is 2. The van der Waals surface area contributed by atoms with Crippen molar-refractivity contribution in [3.63, 3.8) is 0 Å². The molecule has 0 spiro atoms. The Balaban J connectivity index is 1.42. The van der Waals surface area contributed by atoms with Gasteiger partial charge in [-0.15, -0.1) is 0 Å². The van der Waals surface area contributed by atoms with Gasteiger partial charge in [-0.2, -0.15) is 0 Å². The summed E-state index contributed by atoms with van der Waals surface area (Å²) in [6.07, 6.45) is -0.0970. The van der Waals surface area contributed by atoms with Gasteiger partial charge >= 0.3 is 0 Å².